The molecule has 0 radical (unpaired) electrons. The Hall–Kier alpha value is -1.62. The highest BCUT2D eigenvalue weighted by Crippen LogP contribution is 2.25. The number of nitrogens with two attached hydrogens (primary N) is 1. The van der Waals surface area contributed by atoms with Crippen molar-refractivity contribution in [1.82, 2.24) is 4.98 Å². The van der Waals surface area contributed by atoms with Crippen LogP contribution in [0.2, 0.25) is 0 Å². The van der Waals surface area contributed by atoms with E-state index in [9.17, 15) is 8.42 Å². The molecule has 0 saturated carbocycles. The average Bonchev–Trinajstić information content (AvgIpc) is 2.28. The van der Waals surface area contributed by atoms with Gasteiger partial charge in [-0.05, 0) is 36.6 Å². The van der Waals surface area contributed by atoms with Crippen molar-refractivity contribution in [1.29, 1.82) is 0 Å². The molecule has 0 spiro atoms. The molecule has 0 saturated heterocycles. The molecule has 96 valence electrons. The SMILES string of the molecule is C=C(C)c1cc(N)cc(C2=CCS(=O)(=O)CC2)n1. The lowest BCUT2D eigenvalue weighted by atomic mass is 10.1. The molecule has 1 aliphatic heterocycles. The Labute approximate surface area is 107 Å². The van der Waals surface area contributed by atoms with Gasteiger partial charge >= 0.3 is 0 Å². The zero-order valence-corrected chi connectivity index (χ0v) is 11.1. The van der Waals surface area contributed by atoms with E-state index in [0.717, 1.165) is 22.5 Å². The first-order valence-electron chi connectivity index (χ1n) is 5.71. The number of allylic oxidation sites excluding steroid dienone is 2. The highest BCUT2D eigenvalue weighted by molar-refractivity contribution is 7.91. The third kappa shape index (κ3) is 2.79. The molecule has 0 bridgehead atoms. The molecule has 0 fully saturated rings. The highest BCUT2D eigenvalue weighted by Gasteiger charge is 2.18. The van der Waals surface area contributed by atoms with Crippen molar-refractivity contribution in [3.63, 3.8) is 0 Å². The van der Waals surface area contributed by atoms with Gasteiger partial charge in [0.1, 0.15) is 0 Å². The van der Waals surface area contributed by atoms with E-state index in [1.807, 2.05) is 6.92 Å². The quantitative estimate of drug-likeness (QED) is 0.885. The first kappa shape index (κ1) is 12.8. The molecule has 0 amide bonds. The Morgan fingerprint density at radius 2 is 2.17 bits per heavy atom. The zero-order chi connectivity index (χ0) is 13.3. The summed E-state index contributed by atoms with van der Waals surface area (Å²) in [5.74, 6) is 0.263. The lowest BCUT2D eigenvalue weighted by Gasteiger charge is -2.14. The molecule has 4 nitrogen and oxygen atoms in total. The number of sulfone groups is 1. The van der Waals surface area contributed by atoms with Crippen LogP contribution in [0.3, 0.4) is 0 Å². The Balaban J connectivity index is 2.40. The molecule has 1 aromatic heterocycles. The van der Waals surface area contributed by atoms with E-state index in [4.69, 9.17) is 5.73 Å². The van der Waals surface area contributed by atoms with Crippen LogP contribution in [0.25, 0.3) is 11.1 Å². The number of anilines is 1. The molecule has 5 heteroatoms. The topological polar surface area (TPSA) is 73.1 Å². The van der Waals surface area contributed by atoms with E-state index in [0.29, 0.717) is 12.1 Å². The predicted octanol–water partition coefficient (Wildman–Crippen LogP) is 1.90. The fraction of sp³-hybridized carbons (Fsp3) is 0.308. The van der Waals surface area contributed by atoms with Gasteiger partial charge in [0.2, 0.25) is 0 Å². The van der Waals surface area contributed by atoms with E-state index >= 15 is 0 Å². The molecule has 2 rings (SSSR count). The number of rotatable bonds is 2. The molecule has 1 aliphatic rings. The first-order valence-corrected chi connectivity index (χ1v) is 7.53. The van der Waals surface area contributed by atoms with Gasteiger partial charge in [0.15, 0.2) is 9.84 Å². The summed E-state index contributed by atoms with van der Waals surface area (Å²) in [5.41, 5.74) is 9.74. The van der Waals surface area contributed by atoms with Crippen LogP contribution in [-0.2, 0) is 9.84 Å². The second-order valence-electron chi connectivity index (χ2n) is 4.55. The first-order chi connectivity index (χ1) is 8.37. The molecule has 2 heterocycles. The van der Waals surface area contributed by atoms with Crippen molar-refractivity contribution in [3.8, 4) is 0 Å². The van der Waals surface area contributed by atoms with Crippen LogP contribution in [0.5, 0.6) is 0 Å². The van der Waals surface area contributed by atoms with Gasteiger partial charge in [-0.2, -0.15) is 0 Å². The van der Waals surface area contributed by atoms with E-state index in [1.165, 1.54) is 0 Å². The normalized spacial score (nSPS) is 18.2. The van der Waals surface area contributed by atoms with E-state index < -0.39 is 9.84 Å². The summed E-state index contributed by atoms with van der Waals surface area (Å²) >= 11 is 0. The lowest BCUT2D eigenvalue weighted by Crippen LogP contribution is -2.15. The maximum Gasteiger partial charge on any atom is 0.154 e. The lowest BCUT2D eigenvalue weighted by molar-refractivity contribution is 0.597. The molecule has 2 N–H and O–H groups in total. The van der Waals surface area contributed by atoms with Crippen molar-refractivity contribution in [2.75, 3.05) is 17.2 Å². The summed E-state index contributed by atoms with van der Waals surface area (Å²) in [4.78, 5) is 4.46. The fourth-order valence-electron chi connectivity index (χ4n) is 1.85. The Morgan fingerprint density at radius 3 is 2.72 bits per heavy atom. The van der Waals surface area contributed by atoms with Crippen molar-refractivity contribution in [2.45, 2.75) is 13.3 Å². The molecule has 0 aromatic carbocycles. The molecule has 0 unspecified atom stereocenters. The second kappa shape index (κ2) is 4.57. The van der Waals surface area contributed by atoms with E-state index in [2.05, 4.69) is 11.6 Å². The summed E-state index contributed by atoms with van der Waals surface area (Å²) < 4.78 is 22.7. The Morgan fingerprint density at radius 1 is 1.44 bits per heavy atom. The molecule has 0 atom stereocenters. The van der Waals surface area contributed by atoms with Gasteiger partial charge in [-0.15, -0.1) is 0 Å². The number of nitrogen functional groups attached to an aromatic ring is 1. The summed E-state index contributed by atoms with van der Waals surface area (Å²) in [6.45, 7) is 5.71. The van der Waals surface area contributed by atoms with Gasteiger partial charge in [-0.3, -0.25) is 0 Å². The molecular formula is C13H16N2O2S. The highest BCUT2D eigenvalue weighted by atomic mass is 32.2. The zero-order valence-electron chi connectivity index (χ0n) is 10.3. The van der Waals surface area contributed by atoms with Gasteiger partial charge in [0, 0.05) is 5.69 Å². The average molecular weight is 264 g/mol. The van der Waals surface area contributed by atoms with Crippen LogP contribution in [0.1, 0.15) is 24.7 Å². The summed E-state index contributed by atoms with van der Waals surface area (Å²) in [7, 11) is -2.91. The molecule has 1 aromatic rings. The number of aromatic nitrogens is 1. The predicted molar refractivity (Wildman–Crippen MR) is 74.6 cm³/mol. The summed E-state index contributed by atoms with van der Waals surface area (Å²) in [6, 6.07) is 3.54. The maximum absolute atomic E-state index is 11.4. The number of hydrogen-bond acceptors (Lipinski definition) is 4. The monoisotopic (exact) mass is 264 g/mol. The van der Waals surface area contributed by atoms with Crippen molar-refractivity contribution in [3.05, 3.63) is 36.2 Å². The second-order valence-corrected chi connectivity index (χ2v) is 6.77. The fourth-order valence-corrected chi connectivity index (χ4v) is 3.00. The van der Waals surface area contributed by atoms with Gasteiger partial charge in [0.05, 0.1) is 22.9 Å². The minimum atomic E-state index is -2.91. The van der Waals surface area contributed by atoms with Crippen molar-refractivity contribution in [2.24, 2.45) is 0 Å². The van der Waals surface area contributed by atoms with Crippen molar-refractivity contribution >= 4 is 26.7 Å². The van der Waals surface area contributed by atoms with Gasteiger partial charge in [-0.25, -0.2) is 13.4 Å². The van der Waals surface area contributed by atoms with Crippen LogP contribution in [0, 0.1) is 0 Å². The van der Waals surface area contributed by atoms with E-state index in [1.54, 1.807) is 18.2 Å². The summed E-state index contributed by atoms with van der Waals surface area (Å²) in [5, 5.41) is 0. The van der Waals surface area contributed by atoms with Crippen LogP contribution in [0.15, 0.2) is 24.8 Å². The van der Waals surface area contributed by atoms with Gasteiger partial charge in [-0.1, -0.05) is 12.7 Å². The third-order valence-corrected chi connectivity index (χ3v) is 4.38. The summed E-state index contributed by atoms with van der Waals surface area (Å²) in [6.07, 6.45) is 2.22. The number of pyridine rings is 1. The van der Waals surface area contributed by atoms with Crippen molar-refractivity contribution < 1.29 is 8.42 Å². The van der Waals surface area contributed by atoms with Crippen LogP contribution in [-0.4, -0.2) is 24.9 Å². The van der Waals surface area contributed by atoms with Crippen LogP contribution < -0.4 is 5.73 Å². The largest absolute Gasteiger partial charge is 0.399 e. The molecule has 0 aliphatic carbocycles. The number of hydrogen-bond donors (Lipinski definition) is 1. The molecular weight excluding hydrogens is 248 g/mol. The minimum absolute atomic E-state index is 0.0845. The van der Waals surface area contributed by atoms with Gasteiger partial charge < -0.3 is 5.73 Å². The van der Waals surface area contributed by atoms with Gasteiger partial charge in [0.25, 0.3) is 0 Å². The molecule has 18 heavy (non-hydrogen) atoms. The standard InChI is InChI=1S/C13H16N2O2S/c1-9(2)12-7-11(14)8-13(15-12)10-3-5-18(16,17)6-4-10/h3,7-8H,1,4-6H2,2H3,(H2,14,15). The Kier molecular flexibility index (Phi) is 3.26. The number of nitrogens with zero attached hydrogens (tertiary/aromatic N) is 1. The smallest absolute Gasteiger partial charge is 0.154 e. The minimum Gasteiger partial charge on any atom is -0.399 e. The van der Waals surface area contributed by atoms with E-state index in [-0.39, 0.29) is 11.5 Å². The third-order valence-electron chi connectivity index (χ3n) is 2.88. The maximum atomic E-state index is 11.4. The van der Waals surface area contributed by atoms with Crippen LogP contribution >= 0.6 is 0 Å². The Bertz CT molecular complexity index is 630. The van der Waals surface area contributed by atoms with Crippen LogP contribution in [0.4, 0.5) is 5.69 Å².